The molecule has 1 aromatic rings. The minimum Gasteiger partial charge on any atom is -0.143 e. The normalized spacial score (nSPS) is 13.7. The molecule has 84 valence electrons. The first-order chi connectivity index (χ1) is 6.68. The van der Waals surface area contributed by atoms with Gasteiger partial charge in [0.2, 0.25) is 0 Å². The Hall–Kier alpha value is -0.483. The van der Waals surface area contributed by atoms with Crippen molar-refractivity contribution in [3.8, 4) is 0 Å². The van der Waals surface area contributed by atoms with Gasteiger partial charge in [0.05, 0.1) is 8.07 Å². The van der Waals surface area contributed by atoms with Crippen molar-refractivity contribution in [1.82, 2.24) is 10.2 Å². The van der Waals surface area contributed by atoms with Crippen LogP contribution in [-0.2, 0) is 5.41 Å². The predicted octanol–water partition coefficient (Wildman–Crippen LogP) is 3.73. The van der Waals surface area contributed by atoms with Crippen molar-refractivity contribution in [3.63, 3.8) is 0 Å². The molecule has 0 spiro atoms. The zero-order valence-electron chi connectivity index (χ0n) is 10.5. The van der Waals surface area contributed by atoms with Gasteiger partial charge < -0.3 is 0 Å². The highest BCUT2D eigenvalue weighted by molar-refractivity contribution is 7.12. The summed E-state index contributed by atoms with van der Waals surface area (Å²) in [6, 6.07) is 0. The summed E-state index contributed by atoms with van der Waals surface area (Å²) in [5.74, 6) is 0. The lowest BCUT2D eigenvalue weighted by Crippen LogP contribution is -2.15. The van der Waals surface area contributed by atoms with E-state index in [4.69, 9.17) is 0 Å². The molecule has 0 aliphatic carbocycles. The summed E-state index contributed by atoms with van der Waals surface area (Å²) >= 11 is 1.69. The summed E-state index contributed by atoms with van der Waals surface area (Å²) < 4.78 is 0. The van der Waals surface area contributed by atoms with Crippen molar-refractivity contribution in [3.05, 3.63) is 15.7 Å². The van der Waals surface area contributed by atoms with Crippen molar-refractivity contribution in [2.45, 2.75) is 45.8 Å². The minimum absolute atomic E-state index is 0.114. The molecule has 1 rings (SSSR count). The van der Waals surface area contributed by atoms with Crippen LogP contribution < -0.4 is 0 Å². The van der Waals surface area contributed by atoms with Crippen LogP contribution in [0.5, 0.6) is 0 Å². The molecule has 0 unspecified atom stereocenters. The van der Waals surface area contributed by atoms with Crippen LogP contribution in [0, 0.1) is 0 Å². The van der Waals surface area contributed by atoms with Crippen molar-refractivity contribution in [2.24, 2.45) is 0 Å². The summed E-state index contributed by atoms with van der Waals surface area (Å²) in [6.07, 6.45) is 2.12. The Morgan fingerprint density at radius 3 is 2.13 bits per heavy atom. The van der Waals surface area contributed by atoms with Gasteiger partial charge in [-0.15, -0.1) is 10.2 Å². The van der Waals surface area contributed by atoms with Crippen molar-refractivity contribution >= 4 is 25.5 Å². The maximum absolute atomic E-state index is 4.22. The van der Waals surface area contributed by atoms with Crippen LogP contribution in [-0.4, -0.2) is 18.3 Å². The maximum atomic E-state index is 4.22. The fraction of sp³-hybridized carbons (Fsp3) is 0.636. The molecular weight excluding hydrogens is 220 g/mol. The smallest absolute Gasteiger partial charge is 0.139 e. The fourth-order valence-electron chi connectivity index (χ4n) is 0.926. The fourth-order valence-corrected chi connectivity index (χ4v) is 2.51. The zero-order valence-corrected chi connectivity index (χ0v) is 12.3. The van der Waals surface area contributed by atoms with Crippen molar-refractivity contribution < 1.29 is 0 Å². The quantitative estimate of drug-likeness (QED) is 0.736. The highest BCUT2D eigenvalue weighted by Gasteiger charge is 2.18. The Kier molecular flexibility index (Phi) is 3.50. The molecule has 1 aromatic heterocycles. The summed E-state index contributed by atoms with van der Waals surface area (Å²) in [4.78, 5) is 0. The van der Waals surface area contributed by atoms with E-state index in [1.165, 1.54) is 0 Å². The van der Waals surface area contributed by atoms with Gasteiger partial charge in [-0.3, -0.25) is 0 Å². The van der Waals surface area contributed by atoms with Crippen LogP contribution in [0.3, 0.4) is 0 Å². The molecular formula is C11H20N2SSi. The second-order valence-electron chi connectivity index (χ2n) is 5.89. The van der Waals surface area contributed by atoms with Gasteiger partial charge >= 0.3 is 0 Å². The molecule has 0 bridgehead atoms. The topological polar surface area (TPSA) is 25.8 Å². The van der Waals surface area contributed by atoms with E-state index in [1.807, 2.05) is 0 Å². The largest absolute Gasteiger partial charge is 0.143 e. The average molecular weight is 240 g/mol. The molecule has 0 saturated carbocycles. The van der Waals surface area contributed by atoms with Gasteiger partial charge in [0.15, 0.2) is 0 Å². The Balaban J connectivity index is 2.82. The van der Waals surface area contributed by atoms with E-state index in [-0.39, 0.29) is 5.41 Å². The maximum Gasteiger partial charge on any atom is 0.139 e. The molecule has 1 heterocycles. The molecule has 0 atom stereocenters. The van der Waals surface area contributed by atoms with E-state index in [2.05, 4.69) is 62.4 Å². The van der Waals surface area contributed by atoms with E-state index >= 15 is 0 Å². The van der Waals surface area contributed by atoms with Gasteiger partial charge in [-0.05, 0) is 6.08 Å². The van der Waals surface area contributed by atoms with Gasteiger partial charge in [0, 0.05) is 5.41 Å². The Morgan fingerprint density at radius 1 is 1.13 bits per heavy atom. The third-order valence-electron chi connectivity index (χ3n) is 1.81. The minimum atomic E-state index is -1.12. The van der Waals surface area contributed by atoms with E-state index in [0.717, 1.165) is 10.0 Å². The van der Waals surface area contributed by atoms with Gasteiger partial charge in [0.25, 0.3) is 0 Å². The van der Waals surface area contributed by atoms with Crippen LogP contribution in [0.15, 0.2) is 5.70 Å². The molecule has 0 aliphatic rings. The molecule has 0 aliphatic heterocycles. The second kappa shape index (κ2) is 4.18. The van der Waals surface area contributed by atoms with Crippen LogP contribution in [0.1, 0.15) is 30.8 Å². The Morgan fingerprint density at radius 2 is 1.73 bits per heavy atom. The molecule has 0 amide bonds. The number of nitrogens with zero attached hydrogens (tertiary/aromatic N) is 2. The number of hydrogen-bond donors (Lipinski definition) is 0. The summed E-state index contributed by atoms with van der Waals surface area (Å²) in [7, 11) is -1.12. The van der Waals surface area contributed by atoms with Gasteiger partial charge in [0.1, 0.15) is 10.0 Å². The SMILES string of the molecule is CC(C)(C)c1nnc(/C=C/[Si](C)(C)C)s1. The van der Waals surface area contributed by atoms with E-state index in [9.17, 15) is 0 Å². The van der Waals surface area contributed by atoms with Crippen LogP contribution in [0.2, 0.25) is 19.6 Å². The first-order valence-electron chi connectivity index (χ1n) is 5.22. The first-order valence-corrected chi connectivity index (χ1v) is 9.61. The standard InChI is InChI=1S/C11H20N2SSi/c1-11(2,3)10-13-12-9(14-10)7-8-15(4,5)6/h7-8H,1-6H3/b8-7+. The molecule has 0 saturated heterocycles. The predicted molar refractivity (Wildman–Crippen MR) is 71.0 cm³/mol. The number of aromatic nitrogens is 2. The average Bonchev–Trinajstić information content (AvgIpc) is 2.45. The summed E-state index contributed by atoms with van der Waals surface area (Å²) in [6.45, 7) is 13.4. The van der Waals surface area contributed by atoms with Crippen LogP contribution >= 0.6 is 11.3 Å². The van der Waals surface area contributed by atoms with Crippen molar-refractivity contribution in [1.29, 1.82) is 0 Å². The molecule has 15 heavy (non-hydrogen) atoms. The molecule has 4 heteroatoms. The van der Waals surface area contributed by atoms with Crippen LogP contribution in [0.4, 0.5) is 0 Å². The second-order valence-corrected chi connectivity index (χ2v) is 12.0. The highest BCUT2D eigenvalue weighted by atomic mass is 32.1. The van der Waals surface area contributed by atoms with Gasteiger partial charge in [-0.2, -0.15) is 0 Å². The monoisotopic (exact) mass is 240 g/mol. The number of rotatable bonds is 2. The zero-order chi connectivity index (χ0) is 11.7. The molecule has 0 radical (unpaired) electrons. The lowest BCUT2D eigenvalue weighted by atomic mass is 9.98. The lowest BCUT2D eigenvalue weighted by molar-refractivity contribution is 0.578. The number of hydrogen-bond acceptors (Lipinski definition) is 3. The van der Waals surface area contributed by atoms with Crippen LogP contribution in [0.25, 0.3) is 6.08 Å². The molecule has 2 nitrogen and oxygen atoms in total. The first kappa shape index (κ1) is 12.6. The Labute approximate surface area is 97.5 Å². The van der Waals surface area contributed by atoms with Gasteiger partial charge in [-0.1, -0.05) is 57.4 Å². The van der Waals surface area contributed by atoms with Crippen molar-refractivity contribution in [2.75, 3.05) is 0 Å². The van der Waals surface area contributed by atoms with E-state index in [1.54, 1.807) is 11.3 Å². The highest BCUT2D eigenvalue weighted by Crippen LogP contribution is 2.26. The summed E-state index contributed by atoms with van der Waals surface area (Å²) in [5, 5.41) is 10.5. The van der Waals surface area contributed by atoms with E-state index in [0.29, 0.717) is 0 Å². The van der Waals surface area contributed by atoms with Gasteiger partial charge in [-0.25, -0.2) is 0 Å². The molecule has 0 fully saturated rings. The third kappa shape index (κ3) is 4.26. The lowest BCUT2D eigenvalue weighted by Gasteiger charge is -2.12. The summed E-state index contributed by atoms with van der Waals surface area (Å²) in [5.41, 5.74) is 2.42. The van der Waals surface area contributed by atoms with E-state index < -0.39 is 8.07 Å². The Bertz CT molecular complexity index is 355. The molecule has 0 aromatic carbocycles. The third-order valence-corrected chi connectivity index (χ3v) is 4.29. The molecule has 0 N–H and O–H groups in total.